The van der Waals surface area contributed by atoms with Crippen molar-refractivity contribution in [2.75, 3.05) is 4.90 Å². The quantitative estimate of drug-likeness (QED) is 0.472. The van der Waals surface area contributed by atoms with Gasteiger partial charge in [-0.3, -0.25) is 10.1 Å². The van der Waals surface area contributed by atoms with Gasteiger partial charge in [-0.05, 0) is 30.7 Å². The molecule has 0 bridgehead atoms. The number of nitrogens with zero attached hydrogens (tertiary/aromatic N) is 2. The summed E-state index contributed by atoms with van der Waals surface area (Å²) in [5.41, 5.74) is 1.84. The van der Waals surface area contributed by atoms with Crippen molar-refractivity contribution in [1.82, 2.24) is 0 Å². The molecule has 0 spiro atoms. The molecule has 4 nitrogen and oxygen atoms in total. The molecule has 1 heterocycles. The van der Waals surface area contributed by atoms with E-state index in [0.29, 0.717) is 12.2 Å². The molecule has 0 N–H and O–H groups in total. The van der Waals surface area contributed by atoms with E-state index in [1.54, 1.807) is 29.5 Å². The fourth-order valence-electron chi connectivity index (χ4n) is 2.46. The zero-order chi connectivity index (χ0) is 16.2. The lowest BCUT2D eigenvalue weighted by Crippen LogP contribution is -2.16. The van der Waals surface area contributed by atoms with Crippen LogP contribution in [0.3, 0.4) is 0 Å². The highest BCUT2D eigenvalue weighted by atomic mass is 32.1. The van der Waals surface area contributed by atoms with E-state index >= 15 is 0 Å². The molecule has 1 aromatic heterocycles. The van der Waals surface area contributed by atoms with Crippen molar-refractivity contribution in [3.8, 4) is 0 Å². The zero-order valence-electron chi connectivity index (χ0n) is 12.7. The van der Waals surface area contributed by atoms with Crippen molar-refractivity contribution in [1.29, 1.82) is 0 Å². The first-order valence-electron chi connectivity index (χ1n) is 7.26. The minimum absolute atomic E-state index is 0.120. The first-order valence-corrected chi connectivity index (χ1v) is 8.08. The van der Waals surface area contributed by atoms with Crippen LogP contribution < -0.4 is 4.90 Å². The molecule has 0 fully saturated rings. The molecule has 0 aliphatic heterocycles. The monoisotopic (exact) mass is 324 g/mol. The van der Waals surface area contributed by atoms with Crippen LogP contribution in [0.4, 0.5) is 16.4 Å². The van der Waals surface area contributed by atoms with Crippen LogP contribution in [-0.2, 0) is 6.54 Å². The van der Waals surface area contributed by atoms with Crippen LogP contribution in [-0.4, -0.2) is 4.92 Å². The Morgan fingerprint density at radius 2 is 1.70 bits per heavy atom. The summed E-state index contributed by atoms with van der Waals surface area (Å²) in [5, 5.41) is 12.4. The minimum Gasteiger partial charge on any atom is -0.323 e. The van der Waals surface area contributed by atoms with Gasteiger partial charge in [0.25, 0.3) is 5.69 Å². The summed E-state index contributed by atoms with van der Waals surface area (Å²) in [6.45, 7) is 2.62. The number of nitro groups is 1. The van der Waals surface area contributed by atoms with Gasteiger partial charge in [-0.15, -0.1) is 11.3 Å². The lowest BCUT2D eigenvalue weighted by Gasteiger charge is -2.23. The van der Waals surface area contributed by atoms with E-state index in [0.717, 1.165) is 10.6 Å². The highest BCUT2D eigenvalue weighted by Gasteiger charge is 2.21. The molecule has 0 unspecified atom stereocenters. The van der Waals surface area contributed by atoms with Crippen molar-refractivity contribution in [3.63, 3.8) is 0 Å². The second kappa shape index (κ2) is 6.62. The van der Waals surface area contributed by atoms with E-state index in [-0.39, 0.29) is 10.6 Å². The summed E-state index contributed by atoms with van der Waals surface area (Å²) < 4.78 is 0. The fraction of sp³-hybridized carbons (Fsp3) is 0.111. The van der Waals surface area contributed by atoms with E-state index in [1.165, 1.54) is 4.88 Å². The average molecular weight is 324 g/mol. The predicted molar refractivity (Wildman–Crippen MR) is 94.4 cm³/mol. The number of hydrogen-bond acceptors (Lipinski definition) is 4. The molecular weight excluding hydrogens is 308 g/mol. The number of para-hydroxylation sites is 2. The topological polar surface area (TPSA) is 46.4 Å². The van der Waals surface area contributed by atoms with Gasteiger partial charge in [-0.1, -0.05) is 42.5 Å². The third kappa shape index (κ3) is 3.40. The molecule has 0 aliphatic carbocycles. The maximum absolute atomic E-state index is 11.4. The predicted octanol–water partition coefficient (Wildman–Crippen LogP) is 5.30. The van der Waals surface area contributed by atoms with Gasteiger partial charge in [0, 0.05) is 17.5 Å². The molecule has 116 valence electrons. The number of anilines is 2. The van der Waals surface area contributed by atoms with E-state index in [9.17, 15) is 10.1 Å². The average Bonchev–Trinajstić information content (AvgIpc) is 3.00. The first-order chi connectivity index (χ1) is 11.1. The van der Waals surface area contributed by atoms with Crippen LogP contribution >= 0.6 is 11.3 Å². The molecule has 23 heavy (non-hydrogen) atoms. The molecule has 0 saturated heterocycles. The SMILES string of the molecule is Cc1ccc(N(Cc2ccccc2)c2ccccc2[N+](=O)[O-])s1. The highest BCUT2D eigenvalue weighted by molar-refractivity contribution is 7.16. The second-order valence-electron chi connectivity index (χ2n) is 5.20. The highest BCUT2D eigenvalue weighted by Crippen LogP contribution is 2.38. The van der Waals surface area contributed by atoms with Gasteiger partial charge < -0.3 is 4.90 Å². The Kier molecular flexibility index (Phi) is 4.39. The molecule has 5 heteroatoms. The summed E-state index contributed by atoms with van der Waals surface area (Å²) >= 11 is 1.63. The van der Waals surface area contributed by atoms with Crippen molar-refractivity contribution in [2.45, 2.75) is 13.5 Å². The number of benzene rings is 2. The molecule has 0 atom stereocenters. The fourth-order valence-corrected chi connectivity index (χ4v) is 3.34. The third-order valence-corrected chi connectivity index (χ3v) is 4.57. The van der Waals surface area contributed by atoms with Gasteiger partial charge in [-0.2, -0.15) is 0 Å². The van der Waals surface area contributed by atoms with Crippen LogP contribution in [0.25, 0.3) is 0 Å². The Bertz CT molecular complexity index is 815. The maximum atomic E-state index is 11.4. The van der Waals surface area contributed by atoms with Gasteiger partial charge >= 0.3 is 0 Å². The molecular formula is C18H16N2O2S. The zero-order valence-corrected chi connectivity index (χ0v) is 13.5. The normalized spacial score (nSPS) is 10.5. The molecule has 2 aromatic carbocycles. The Labute approximate surface area is 138 Å². The Balaban J connectivity index is 2.07. The molecule has 0 aliphatic rings. The van der Waals surface area contributed by atoms with Crippen molar-refractivity contribution < 1.29 is 4.92 Å². The van der Waals surface area contributed by atoms with Crippen molar-refractivity contribution >= 4 is 27.7 Å². The lowest BCUT2D eigenvalue weighted by molar-refractivity contribution is -0.384. The van der Waals surface area contributed by atoms with Gasteiger partial charge in [0.1, 0.15) is 5.69 Å². The minimum atomic E-state index is -0.326. The standard InChI is InChI=1S/C18H16N2O2S/c1-14-11-12-18(23-14)19(13-15-7-3-2-4-8-15)16-9-5-6-10-17(16)20(21)22/h2-12H,13H2,1H3. The Morgan fingerprint density at radius 1 is 1.00 bits per heavy atom. The van der Waals surface area contributed by atoms with E-state index < -0.39 is 0 Å². The summed E-state index contributed by atoms with van der Waals surface area (Å²) in [4.78, 5) is 14.3. The summed E-state index contributed by atoms with van der Waals surface area (Å²) in [6, 6.07) is 20.9. The van der Waals surface area contributed by atoms with E-state index in [4.69, 9.17) is 0 Å². The molecule has 0 radical (unpaired) electrons. The maximum Gasteiger partial charge on any atom is 0.292 e. The van der Waals surface area contributed by atoms with Gasteiger partial charge in [0.05, 0.1) is 9.92 Å². The Hall–Kier alpha value is -2.66. The first kappa shape index (κ1) is 15.2. The lowest BCUT2D eigenvalue weighted by atomic mass is 10.2. The van der Waals surface area contributed by atoms with Crippen LogP contribution in [0, 0.1) is 17.0 Å². The van der Waals surface area contributed by atoms with E-state index in [1.807, 2.05) is 60.4 Å². The number of nitro benzene ring substituents is 1. The van der Waals surface area contributed by atoms with Crippen LogP contribution in [0.2, 0.25) is 0 Å². The summed E-state index contributed by atoms with van der Waals surface area (Å²) in [6.07, 6.45) is 0. The van der Waals surface area contributed by atoms with Crippen LogP contribution in [0.15, 0.2) is 66.7 Å². The summed E-state index contributed by atoms with van der Waals surface area (Å²) in [5.74, 6) is 0. The van der Waals surface area contributed by atoms with Crippen molar-refractivity contribution in [3.05, 3.63) is 87.3 Å². The largest absolute Gasteiger partial charge is 0.323 e. The number of rotatable bonds is 5. The molecule has 3 aromatic rings. The molecule has 0 saturated carbocycles. The number of thiophene rings is 1. The van der Waals surface area contributed by atoms with Gasteiger partial charge in [0.2, 0.25) is 0 Å². The van der Waals surface area contributed by atoms with E-state index in [2.05, 4.69) is 0 Å². The van der Waals surface area contributed by atoms with Crippen LogP contribution in [0.5, 0.6) is 0 Å². The second-order valence-corrected chi connectivity index (χ2v) is 6.47. The number of aryl methyl sites for hydroxylation is 1. The Morgan fingerprint density at radius 3 is 2.35 bits per heavy atom. The molecule has 0 amide bonds. The van der Waals surface area contributed by atoms with Crippen LogP contribution in [0.1, 0.15) is 10.4 Å². The van der Waals surface area contributed by atoms with Gasteiger partial charge in [0.15, 0.2) is 0 Å². The number of hydrogen-bond donors (Lipinski definition) is 0. The van der Waals surface area contributed by atoms with Gasteiger partial charge in [-0.25, -0.2) is 0 Å². The molecule has 3 rings (SSSR count). The third-order valence-electron chi connectivity index (χ3n) is 3.54. The smallest absolute Gasteiger partial charge is 0.292 e. The van der Waals surface area contributed by atoms with Crippen molar-refractivity contribution in [2.24, 2.45) is 0 Å². The summed E-state index contributed by atoms with van der Waals surface area (Å²) in [7, 11) is 0.